The van der Waals surface area contributed by atoms with Gasteiger partial charge >= 0.3 is 0 Å². The van der Waals surface area contributed by atoms with Crippen LogP contribution in [-0.2, 0) is 9.53 Å². The average Bonchev–Trinajstić information content (AvgIpc) is 3.15. The average molecular weight is 436 g/mol. The Bertz CT molecular complexity index is 839. The Balaban J connectivity index is 1.72. The summed E-state index contributed by atoms with van der Waals surface area (Å²) in [6.45, 7) is 8.96. The van der Waals surface area contributed by atoms with E-state index in [1.807, 2.05) is 17.6 Å². The molecule has 9 heteroatoms. The Morgan fingerprint density at radius 2 is 2.00 bits per heavy atom. The molecule has 0 aliphatic carbocycles. The van der Waals surface area contributed by atoms with Gasteiger partial charge in [-0.2, -0.15) is 0 Å². The molecule has 3 rings (SSSR count). The Hall–Kier alpha value is -2.13. The molecule has 2 aromatic rings. The van der Waals surface area contributed by atoms with Crippen molar-refractivity contribution in [1.29, 1.82) is 0 Å². The maximum atomic E-state index is 13.9. The predicted octanol–water partition coefficient (Wildman–Crippen LogP) is 3.28. The molecular formula is C21H30FN5O2S. The summed E-state index contributed by atoms with van der Waals surface area (Å²) in [5.74, 6) is 1.10. The van der Waals surface area contributed by atoms with Gasteiger partial charge in [0.1, 0.15) is 5.82 Å². The quantitative estimate of drug-likeness (QED) is 0.610. The van der Waals surface area contributed by atoms with Crippen LogP contribution in [0, 0.1) is 11.7 Å². The molecule has 164 valence electrons. The summed E-state index contributed by atoms with van der Waals surface area (Å²) in [5, 5.41) is 12.2. The molecule has 0 saturated carbocycles. The molecule has 2 heterocycles. The monoisotopic (exact) mass is 435 g/mol. The Labute approximate surface area is 181 Å². The fraction of sp³-hybridized carbons (Fsp3) is 0.571. The minimum atomic E-state index is -0.332. The maximum Gasteiger partial charge on any atom is 0.232 e. The molecule has 1 fully saturated rings. The number of nitrogens with zero attached hydrogens (tertiary/aromatic N) is 4. The number of halogens is 1. The highest BCUT2D eigenvalue weighted by atomic mass is 32.2. The van der Waals surface area contributed by atoms with Crippen LogP contribution in [0.25, 0.3) is 5.69 Å². The fourth-order valence-electron chi connectivity index (χ4n) is 3.27. The van der Waals surface area contributed by atoms with E-state index in [1.54, 1.807) is 6.07 Å². The van der Waals surface area contributed by atoms with E-state index in [1.165, 1.54) is 23.9 Å². The third kappa shape index (κ3) is 6.18. The van der Waals surface area contributed by atoms with Crippen molar-refractivity contribution in [3.05, 3.63) is 30.1 Å². The second-order valence-corrected chi connectivity index (χ2v) is 8.87. The molecule has 1 unspecified atom stereocenters. The number of carbonyl (C=O) groups is 1. The van der Waals surface area contributed by atoms with E-state index in [0.717, 1.165) is 12.8 Å². The van der Waals surface area contributed by atoms with Crippen molar-refractivity contribution >= 4 is 23.6 Å². The number of benzene rings is 1. The van der Waals surface area contributed by atoms with E-state index in [2.05, 4.69) is 34.3 Å². The van der Waals surface area contributed by atoms with E-state index in [9.17, 15) is 9.18 Å². The first kappa shape index (κ1) is 22.6. The Kier molecular flexibility index (Phi) is 8.09. The van der Waals surface area contributed by atoms with Gasteiger partial charge in [0.2, 0.25) is 11.9 Å². The third-order valence-corrected chi connectivity index (χ3v) is 5.82. The van der Waals surface area contributed by atoms with Crippen LogP contribution in [0.3, 0.4) is 0 Å². The van der Waals surface area contributed by atoms with Crippen molar-refractivity contribution in [1.82, 2.24) is 20.1 Å². The summed E-state index contributed by atoms with van der Waals surface area (Å²) in [7, 11) is 0. The van der Waals surface area contributed by atoms with Crippen LogP contribution in [0.5, 0.6) is 0 Å². The van der Waals surface area contributed by atoms with Crippen molar-refractivity contribution in [3.63, 3.8) is 0 Å². The van der Waals surface area contributed by atoms with Crippen molar-refractivity contribution < 1.29 is 13.9 Å². The SMILES string of the molecule is CC(C)CCC(C)NC(=O)CSc1nnc(N2CCOCC2)n1-c1cccc(F)c1. The first-order chi connectivity index (χ1) is 14.4. The van der Waals surface area contributed by atoms with E-state index in [-0.39, 0.29) is 23.5 Å². The molecule has 30 heavy (non-hydrogen) atoms. The van der Waals surface area contributed by atoms with Crippen LogP contribution in [0.4, 0.5) is 10.3 Å². The zero-order valence-corrected chi connectivity index (χ0v) is 18.6. The van der Waals surface area contributed by atoms with Crippen LogP contribution in [0.1, 0.15) is 33.6 Å². The lowest BCUT2D eigenvalue weighted by atomic mass is 10.0. The first-order valence-corrected chi connectivity index (χ1v) is 11.4. The summed E-state index contributed by atoms with van der Waals surface area (Å²) < 4.78 is 21.1. The Morgan fingerprint density at radius 3 is 2.70 bits per heavy atom. The van der Waals surface area contributed by atoms with Gasteiger partial charge in [0.05, 0.1) is 24.7 Å². The number of amides is 1. The number of thioether (sulfide) groups is 1. The van der Waals surface area contributed by atoms with Crippen LogP contribution in [0.2, 0.25) is 0 Å². The van der Waals surface area contributed by atoms with Gasteiger partial charge < -0.3 is 15.0 Å². The molecular weight excluding hydrogens is 405 g/mol. The van der Waals surface area contributed by atoms with E-state index < -0.39 is 0 Å². The molecule has 1 amide bonds. The molecule has 1 aliphatic rings. The van der Waals surface area contributed by atoms with Gasteiger partial charge in [0, 0.05) is 19.1 Å². The number of ether oxygens (including phenoxy) is 1. The standard InChI is InChI=1S/C21H30FN5O2S/c1-15(2)7-8-16(3)23-19(28)14-30-21-25-24-20(26-9-11-29-12-10-26)27(21)18-6-4-5-17(22)13-18/h4-6,13,15-16H,7-12,14H2,1-3H3,(H,23,28). The molecule has 1 aromatic heterocycles. The number of hydrogen-bond donors (Lipinski definition) is 1. The van der Waals surface area contributed by atoms with Gasteiger partial charge in [0.25, 0.3) is 0 Å². The van der Waals surface area contributed by atoms with Gasteiger partial charge in [0.15, 0.2) is 5.16 Å². The molecule has 7 nitrogen and oxygen atoms in total. The number of carbonyl (C=O) groups excluding carboxylic acids is 1. The highest BCUT2D eigenvalue weighted by Gasteiger charge is 2.22. The minimum Gasteiger partial charge on any atom is -0.378 e. The fourth-order valence-corrected chi connectivity index (χ4v) is 4.03. The van der Waals surface area contributed by atoms with Gasteiger partial charge in [-0.1, -0.05) is 31.7 Å². The lowest BCUT2D eigenvalue weighted by Gasteiger charge is -2.27. The lowest BCUT2D eigenvalue weighted by molar-refractivity contribution is -0.119. The number of morpholine rings is 1. The van der Waals surface area contributed by atoms with E-state index >= 15 is 0 Å². The summed E-state index contributed by atoms with van der Waals surface area (Å²) in [6, 6.07) is 6.46. The highest BCUT2D eigenvalue weighted by molar-refractivity contribution is 7.99. The summed E-state index contributed by atoms with van der Waals surface area (Å²) >= 11 is 1.30. The number of anilines is 1. The molecule has 0 radical (unpaired) electrons. The summed E-state index contributed by atoms with van der Waals surface area (Å²) in [4.78, 5) is 14.5. The van der Waals surface area contributed by atoms with Crippen molar-refractivity contribution in [2.45, 2.75) is 44.8 Å². The van der Waals surface area contributed by atoms with Crippen molar-refractivity contribution in [2.75, 3.05) is 37.0 Å². The van der Waals surface area contributed by atoms with Gasteiger partial charge in [-0.15, -0.1) is 10.2 Å². The van der Waals surface area contributed by atoms with Crippen molar-refractivity contribution in [3.8, 4) is 5.69 Å². The van der Waals surface area contributed by atoms with E-state index in [4.69, 9.17) is 4.74 Å². The van der Waals surface area contributed by atoms with E-state index in [0.29, 0.717) is 49.0 Å². The second-order valence-electron chi connectivity index (χ2n) is 7.93. The smallest absolute Gasteiger partial charge is 0.232 e. The number of rotatable bonds is 9. The van der Waals surface area contributed by atoms with Gasteiger partial charge in [-0.05, 0) is 43.9 Å². The van der Waals surface area contributed by atoms with Gasteiger partial charge in [-0.25, -0.2) is 4.39 Å². The van der Waals surface area contributed by atoms with Crippen LogP contribution >= 0.6 is 11.8 Å². The molecule has 0 spiro atoms. The lowest BCUT2D eigenvalue weighted by Crippen LogP contribution is -2.38. The maximum absolute atomic E-state index is 13.9. The molecule has 1 aromatic carbocycles. The summed E-state index contributed by atoms with van der Waals surface area (Å²) in [6.07, 6.45) is 2.03. The molecule has 1 aliphatic heterocycles. The molecule has 1 saturated heterocycles. The number of nitrogens with one attached hydrogen (secondary N) is 1. The zero-order chi connectivity index (χ0) is 21.5. The van der Waals surface area contributed by atoms with Crippen LogP contribution in [0.15, 0.2) is 29.4 Å². The van der Waals surface area contributed by atoms with Crippen molar-refractivity contribution in [2.24, 2.45) is 5.92 Å². The second kappa shape index (κ2) is 10.8. The largest absolute Gasteiger partial charge is 0.378 e. The summed E-state index contributed by atoms with van der Waals surface area (Å²) in [5.41, 5.74) is 0.634. The van der Waals surface area contributed by atoms with Crippen LogP contribution < -0.4 is 10.2 Å². The molecule has 1 N–H and O–H groups in total. The number of aromatic nitrogens is 3. The molecule has 1 atom stereocenters. The van der Waals surface area contributed by atoms with Gasteiger partial charge in [-0.3, -0.25) is 9.36 Å². The molecule has 0 bridgehead atoms. The predicted molar refractivity (Wildman–Crippen MR) is 117 cm³/mol. The topological polar surface area (TPSA) is 72.3 Å². The Morgan fingerprint density at radius 1 is 1.23 bits per heavy atom. The normalized spacial score (nSPS) is 15.4. The third-order valence-electron chi connectivity index (χ3n) is 4.89. The number of hydrogen-bond acceptors (Lipinski definition) is 6. The zero-order valence-electron chi connectivity index (χ0n) is 17.8. The minimum absolute atomic E-state index is 0.0435. The highest BCUT2D eigenvalue weighted by Crippen LogP contribution is 2.27. The van der Waals surface area contributed by atoms with Crippen LogP contribution in [-0.4, -0.2) is 58.8 Å². The first-order valence-electron chi connectivity index (χ1n) is 10.4.